The maximum atomic E-state index is 11.4. The second-order valence-corrected chi connectivity index (χ2v) is 4.91. The Bertz CT molecular complexity index is 496. The maximum Gasteiger partial charge on any atom is 0.295 e. The molecule has 1 aliphatic heterocycles. The molecule has 1 aromatic rings. The molecular formula is C16H20N2O. The number of aryl methyl sites for hydroxylation is 1. The second kappa shape index (κ2) is 6.29. The molecule has 1 atom stereocenters. The van der Waals surface area contributed by atoms with E-state index in [1.165, 1.54) is 17.7 Å². The van der Waals surface area contributed by atoms with E-state index >= 15 is 0 Å². The minimum atomic E-state index is -0.182. The summed E-state index contributed by atoms with van der Waals surface area (Å²) in [6.07, 6.45) is 2.29. The molecule has 19 heavy (non-hydrogen) atoms. The fourth-order valence-electron chi connectivity index (χ4n) is 2.49. The number of amides is 1. The average molecular weight is 256 g/mol. The van der Waals surface area contributed by atoms with Gasteiger partial charge in [0.25, 0.3) is 5.91 Å². The van der Waals surface area contributed by atoms with Gasteiger partial charge in [0.15, 0.2) is 0 Å². The zero-order valence-corrected chi connectivity index (χ0v) is 11.6. The molecule has 3 nitrogen and oxygen atoms in total. The van der Waals surface area contributed by atoms with Crippen LogP contribution in [0.3, 0.4) is 0 Å². The number of carbonyl (C=O) groups is 1. The highest BCUT2D eigenvalue weighted by Gasteiger charge is 2.24. The zero-order chi connectivity index (χ0) is 13.7. The van der Waals surface area contributed by atoms with Crippen LogP contribution in [0.5, 0.6) is 0 Å². The number of anilines is 1. The molecule has 2 rings (SSSR count). The van der Waals surface area contributed by atoms with Crippen LogP contribution in [0.25, 0.3) is 0 Å². The van der Waals surface area contributed by atoms with Crippen LogP contribution in [0.4, 0.5) is 5.69 Å². The second-order valence-electron chi connectivity index (χ2n) is 4.91. The van der Waals surface area contributed by atoms with Gasteiger partial charge in [-0.2, -0.15) is 0 Å². The first-order valence-electron chi connectivity index (χ1n) is 6.74. The summed E-state index contributed by atoms with van der Waals surface area (Å²) in [5.41, 5.74) is 2.51. The first-order chi connectivity index (χ1) is 9.20. The van der Waals surface area contributed by atoms with Crippen LogP contribution in [0.15, 0.2) is 24.3 Å². The van der Waals surface area contributed by atoms with Gasteiger partial charge in [-0.15, -0.1) is 0 Å². The maximum absolute atomic E-state index is 11.4. The molecule has 1 heterocycles. The highest BCUT2D eigenvalue weighted by molar-refractivity contribution is 5.93. The monoisotopic (exact) mass is 256 g/mol. The number of carbonyl (C=O) groups excluding carboxylic acids is 1. The summed E-state index contributed by atoms with van der Waals surface area (Å²) in [6.45, 7) is 5.49. The first kappa shape index (κ1) is 13.5. The van der Waals surface area contributed by atoms with Gasteiger partial charge in [-0.25, -0.2) is 0 Å². The molecule has 1 unspecified atom stereocenters. The Hall–Kier alpha value is -1.95. The van der Waals surface area contributed by atoms with Crippen molar-refractivity contribution in [3.05, 3.63) is 29.8 Å². The lowest BCUT2D eigenvalue weighted by Gasteiger charge is -2.27. The molecule has 1 aliphatic rings. The van der Waals surface area contributed by atoms with E-state index in [4.69, 9.17) is 0 Å². The van der Waals surface area contributed by atoms with Gasteiger partial charge in [-0.3, -0.25) is 4.79 Å². The summed E-state index contributed by atoms with van der Waals surface area (Å²) >= 11 is 0. The van der Waals surface area contributed by atoms with Gasteiger partial charge < -0.3 is 10.2 Å². The van der Waals surface area contributed by atoms with Gasteiger partial charge in [0.1, 0.15) is 0 Å². The molecule has 1 saturated heterocycles. The summed E-state index contributed by atoms with van der Waals surface area (Å²) < 4.78 is 0. The van der Waals surface area contributed by atoms with Crippen LogP contribution in [0.2, 0.25) is 0 Å². The van der Waals surface area contributed by atoms with E-state index in [1.807, 2.05) is 0 Å². The van der Waals surface area contributed by atoms with Crippen molar-refractivity contribution >= 4 is 11.6 Å². The molecular weight excluding hydrogens is 236 g/mol. The summed E-state index contributed by atoms with van der Waals surface area (Å²) in [5.74, 6) is 4.95. The lowest BCUT2D eigenvalue weighted by atomic mass is 10.2. The van der Waals surface area contributed by atoms with Gasteiger partial charge in [0.2, 0.25) is 0 Å². The number of nitrogens with zero attached hydrogens (tertiary/aromatic N) is 1. The van der Waals surface area contributed by atoms with Gasteiger partial charge in [-0.1, -0.05) is 23.6 Å². The molecule has 0 bridgehead atoms. The van der Waals surface area contributed by atoms with Crippen molar-refractivity contribution in [2.24, 2.45) is 0 Å². The molecule has 100 valence electrons. The molecule has 1 aromatic carbocycles. The van der Waals surface area contributed by atoms with E-state index in [0.29, 0.717) is 12.6 Å². The lowest BCUT2D eigenvalue weighted by molar-refractivity contribution is -0.115. The Labute approximate surface area is 115 Å². The Morgan fingerprint density at radius 2 is 2.16 bits per heavy atom. The Balaban J connectivity index is 1.98. The lowest BCUT2D eigenvalue weighted by Crippen LogP contribution is -2.39. The van der Waals surface area contributed by atoms with Crippen LogP contribution < -0.4 is 10.2 Å². The third-order valence-corrected chi connectivity index (χ3v) is 3.48. The van der Waals surface area contributed by atoms with E-state index in [9.17, 15) is 4.79 Å². The van der Waals surface area contributed by atoms with Crippen molar-refractivity contribution in [1.82, 2.24) is 5.32 Å². The summed E-state index contributed by atoms with van der Waals surface area (Å²) in [6, 6.07) is 8.95. The first-order valence-corrected chi connectivity index (χ1v) is 6.74. The molecule has 1 amide bonds. The molecule has 0 radical (unpaired) electrons. The quantitative estimate of drug-likeness (QED) is 0.840. The van der Waals surface area contributed by atoms with Crippen LogP contribution >= 0.6 is 0 Å². The van der Waals surface area contributed by atoms with Crippen molar-refractivity contribution in [2.45, 2.75) is 32.7 Å². The Morgan fingerprint density at radius 3 is 2.84 bits per heavy atom. The fraction of sp³-hybridized carbons (Fsp3) is 0.438. The number of rotatable bonds is 3. The van der Waals surface area contributed by atoms with Crippen LogP contribution in [-0.4, -0.2) is 25.0 Å². The number of hydrogen-bond acceptors (Lipinski definition) is 2. The fourth-order valence-corrected chi connectivity index (χ4v) is 2.49. The van der Waals surface area contributed by atoms with E-state index in [0.717, 1.165) is 13.0 Å². The zero-order valence-electron chi connectivity index (χ0n) is 11.6. The van der Waals surface area contributed by atoms with Crippen molar-refractivity contribution in [3.63, 3.8) is 0 Å². The minimum Gasteiger partial charge on any atom is -0.367 e. The molecule has 1 fully saturated rings. The van der Waals surface area contributed by atoms with E-state index < -0.39 is 0 Å². The predicted octanol–water partition coefficient (Wildman–Crippen LogP) is 2.10. The molecule has 0 aromatic heterocycles. The van der Waals surface area contributed by atoms with Crippen LogP contribution in [-0.2, 0) is 4.79 Å². The average Bonchev–Trinajstić information content (AvgIpc) is 2.86. The van der Waals surface area contributed by atoms with E-state index in [1.54, 1.807) is 6.92 Å². The third kappa shape index (κ3) is 3.51. The summed E-state index contributed by atoms with van der Waals surface area (Å²) in [7, 11) is 0. The standard InChI is InChI=1S/C16H20N2O/c1-3-5-16(19)17-12-15-6-4-11-18(15)14-9-7-13(2)8-10-14/h7-10,15H,4,6,11-12H2,1-2H3,(H,17,19). The smallest absolute Gasteiger partial charge is 0.295 e. The SMILES string of the molecule is CC#CC(=O)NCC1CCCN1c1ccc(C)cc1. The molecule has 0 saturated carbocycles. The van der Waals surface area contributed by atoms with Crippen molar-refractivity contribution in [1.29, 1.82) is 0 Å². The Morgan fingerprint density at radius 1 is 1.42 bits per heavy atom. The Kier molecular flexibility index (Phi) is 4.46. The number of hydrogen-bond donors (Lipinski definition) is 1. The highest BCUT2D eigenvalue weighted by Crippen LogP contribution is 2.25. The van der Waals surface area contributed by atoms with Gasteiger partial charge in [-0.05, 0) is 44.7 Å². The topological polar surface area (TPSA) is 32.3 Å². The summed E-state index contributed by atoms with van der Waals surface area (Å²) in [5, 5.41) is 2.88. The van der Waals surface area contributed by atoms with E-state index in [2.05, 4.69) is 53.2 Å². The molecule has 3 heteroatoms. The minimum absolute atomic E-state index is 0.182. The van der Waals surface area contributed by atoms with Crippen LogP contribution in [0.1, 0.15) is 25.3 Å². The van der Waals surface area contributed by atoms with Gasteiger partial charge in [0.05, 0.1) is 0 Å². The largest absolute Gasteiger partial charge is 0.367 e. The van der Waals surface area contributed by atoms with Gasteiger partial charge in [0, 0.05) is 24.8 Å². The number of nitrogens with one attached hydrogen (secondary N) is 1. The summed E-state index contributed by atoms with van der Waals surface area (Å²) in [4.78, 5) is 13.8. The van der Waals surface area contributed by atoms with E-state index in [-0.39, 0.29) is 5.91 Å². The third-order valence-electron chi connectivity index (χ3n) is 3.48. The number of benzene rings is 1. The molecule has 0 aliphatic carbocycles. The van der Waals surface area contributed by atoms with Crippen molar-refractivity contribution in [2.75, 3.05) is 18.0 Å². The van der Waals surface area contributed by atoms with Gasteiger partial charge >= 0.3 is 0 Å². The van der Waals surface area contributed by atoms with Crippen molar-refractivity contribution < 1.29 is 4.79 Å². The highest BCUT2D eigenvalue weighted by atomic mass is 16.1. The molecule has 0 spiro atoms. The van der Waals surface area contributed by atoms with Crippen molar-refractivity contribution in [3.8, 4) is 11.8 Å². The normalized spacial score (nSPS) is 17.8. The molecule has 1 N–H and O–H groups in total. The predicted molar refractivity (Wildman–Crippen MR) is 78.0 cm³/mol. The van der Waals surface area contributed by atoms with Crippen LogP contribution in [0, 0.1) is 18.8 Å².